The van der Waals surface area contributed by atoms with E-state index in [0.717, 1.165) is 0 Å². The normalized spacial score (nSPS) is 16.4. The van der Waals surface area contributed by atoms with Crippen molar-refractivity contribution in [3.63, 3.8) is 0 Å². The van der Waals surface area contributed by atoms with Crippen molar-refractivity contribution in [3.8, 4) is 0 Å². The van der Waals surface area contributed by atoms with Gasteiger partial charge in [-0.1, -0.05) is 19.9 Å². The minimum absolute atomic E-state index is 0.118. The molecule has 0 aromatic heterocycles. The molecule has 2 nitrogen and oxygen atoms in total. The first-order valence-corrected chi connectivity index (χ1v) is 3.48. The Morgan fingerprint density at radius 1 is 1.55 bits per heavy atom. The van der Waals surface area contributed by atoms with Gasteiger partial charge in [-0.2, -0.15) is 0 Å². The van der Waals surface area contributed by atoms with Crippen molar-refractivity contribution in [2.75, 3.05) is 7.11 Å². The highest BCUT2D eigenvalue weighted by molar-refractivity contribution is 5.72. The molecule has 0 radical (unpaired) electrons. The van der Waals surface area contributed by atoms with E-state index in [0.29, 0.717) is 6.33 Å². The van der Waals surface area contributed by atoms with Gasteiger partial charge in [0.25, 0.3) is 0 Å². The van der Waals surface area contributed by atoms with Crippen molar-refractivity contribution < 1.29 is 13.9 Å². The summed E-state index contributed by atoms with van der Waals surface area (Å²) in [6, 6.07) is 0. The van der Waals surface area contributed by atoms with E-state index in [2.05, 4.69) is 4.74 Å². The third kappa shape index (κ3) is 3.16. The summed E-state index contributed by atoms with van der Waals surface area (Å²) in [7, 11) is 1.32. The van der Waals surface area contributed by atoms with Crippen LogP contribution >= 0.6 is 0 Å². The fourth-order valence-corrected chi connectivity index (χ4v) is 0.682. The predicted molar refractivity (Wildman–Crippen MR) is 40.6 cm³/mol. The molecule has 0 aliphatic rings. The monoisotopic (exact) mass is 160 g/mol. The summed E-state index contributed by atoms with van der Waals surface area (Å²) in [5, 5.41) is 0. The number of ether oxygens (including phenoxy) is 1. The number of carbonyl (C=O) groups excluding carboxylic acids is 1. The Morgan fingerprint density at radius 3 is 2.45 bits per heavy atom. The zero-order valence-electron chi connectivity index (χ0n) is 7.00. The molecule has 3 heteroatoms. The van der Waals surface area contributed by atoms with Crippen LogP contribution < -0.4 is 0 Å². The van der Waals surface area contributed by atoms with Crippen LogP contribution in [0.2, 0.25) is 0 Å². The molecule has 0 N–H and O–H groups in total. The van der Waals surface area contributed by atoms with Crippen LogP contribution in [-0.2, 0) is 9.53 Å². The van der Waals surface area contributed by atoms with Gasteiger partial charge in [-0.05, 0) is 5.92 Å². The lowest BCUT2D eigenvalue weighted by Crippen LogP contribution is -2.18. The second-order valence-corrected chi connectivity index (χ2v) is 2.49. The second kappa shape index (κ2) is 4.88. The fourth-order valence-electron chi connectivity index (χ4n) is 0.682. The van der Waals surface area contributed by atoms with E-state index in [4.69, 9.17) is 0 Å². The van der Waals surface area contributed by atoms with Gasteiger partial charge in [0.15, 0.2) is 0 Å². The van der Waals surface area contributed by atoms with E-state index >= 15 is 0 Å². The van der Waals surface area contributed by atoms with Crippen molar-refractivity contribution in [2.45, 2.75) is 13.8 Å². The lowest BCUT2D eigenvalue weighted by atomic mass is 9.96. The molecule has 0 saturated carbocycles. The highest BCUT2D eigenvalue weighted by Gasteiger charge is 2.18. The highest BCUT2D eigenvalue weighted by atomic mass is 19.1. The van der Waals surface area contributed by atoms with Gasteiger partial charge in [0.1, 0.15) is 0 Å². The lowest BCUT2D eigenvalue weighted by molar-refractivity contribution is -0.145. The van der Waals surface area contributed by atoms with Crippen molar-refractivity contribution in [3.05, 3.63) is 12.4 Å². The molecule has 0 aliphatic carbocycles. The molecule has 0 rings (SSSR count). The Bertz CT molecular complexity index is 154. The largest absolute Gasteiger partial charge is 0.469 e. The van der Waals surface area contributed by atoms with Crippen LogP contribution in [0.5, 0.6) is 0 Å². The summed E-state index contributed by atoms with van der Waals surface area (Å²) >= 11 is 0. The quantitative estimate of drug-likeness (QED) is 0.589. The smallest absolute Gasteiger partial charge is 0.308 e. The Kier molecular flexibility index (Phi) is 4.50. The minimum atomic E-state index is -0.310. The molecule has 2 atom stereocenters. The summed E-state index contributed by atoms with van der Waals surface area (Å²) in [6.45, 7) is 3.47. The molecule has 0 aromatic rings. The first kappa shape index (κ1) is 10.1. The van der Waals surface area contributed by atoms with Gasteiger partial charge in [-0.25, -0.2) is 4.39 Å². The van der Waals surface area contributed by atoms with E-state index in [1.807, 2.05) is 0 Å². The third-order valence-corrected chi connectivity index (χ3v) is 1.74. The van der Waals surface area contributed by atoms with E-state index in [9.17, 15) is 9.18 Å². The summed E-state index contributed by atoms with van der Waals surface area (Å²) in [5.41, 5.74) is 0. The molecule has 11 heavy (non-hydrogen) atoms. The van der Waals surface area contributed by atoms with Crippen LogP contribution in [0.25, 0.3) is 0 Å². The standard InChI is InChI=1S/C8H13FO2/c1-6(4-5-9)7(2)8(10)11-3/h4-7H,1-3H3/b5-4+/t6-,7?/m0/s1. The number of carbonyl (C=O) groups is 1. The Hall–Kier alpha value is -0.860. The molecule has 0 aliphatic heterocycles. The first-order chi connectivity index (χ1) is 5.13. The van der Waals surface area contributed by atoms with Gasteiger partial charge in [0, 0.05) is 0 Å². The number of rotatable bonds is 3. The number of hydrogen-bond donors (Lipinski definition) is 0. The van der Waals surface area contributed by atoms with Crippen molar-refractivity contribution in [1.29, 1.82) is 0 Å². The molecule has 0 aromatic carbocycles. The second-order valence-electron chi connectivity index (χ2n) is 2.49. The molecule has 1 unspecified atom stereocenters. The summed E-state index contributed by atoms with van der Waals surface area (Å²) in [4.78, 5) is 10.8. The number of methoxy groups -OCH3 is 1. The molecule has 0 spiro atoms. The topological polar surface area (TPSA) is 26.3 Å². The Morgan fingerprint density at radius 2 is 2.09 bits per heavy atom. The maximum absolute atomic E-state index is 11.6. The molecule has 64 valence electrons. The molecule has 0 saturated heterocycles. The minimum Gasteiger partial charge on any atom is -0.469 e. The van der Waals surface area contributed by atoms with Crippen LogP contribution in [0.1, 0.15) is 13.8 Å². The Labute approximate surface area is 66.0 Å². The molecule has 0 bridgehead atoms. The highest BCUT2D eigenvalue weighted by Crippen LogP contribution is 2.13. The van der Waals surface area contributed by atoms with Crippen LogP contribution in [0.3, 0.4) is 0 Å². The van der Waals surface area contributed by atoms with Gasteiger partial charge in [-0.3, -0.25) is 4.79 Å². The average Bonchev–Trinajstić information content (AvgIpc) is 2.02. The molecule has 0 amide bonds. The summed E-state index contributed by atoms with van der Waals surface area (Å²) < 4.78 is 16.1. The zero-order chi connectivity index (χ0) is 8.85. The van der Waals surface area contributed by atoms with Gasteiger partial charge in [-0.15, -0.1) is 0 Å². The van der Waals surface area contributed by atoms with Crippen LogP contribution in [-0.4, -0.2) is 13.1 Å². The first-order valence-electron chi connectivity index (χ1n) is 3.48. The maximum atomic E-state index is 11.6. The molecular weight excluding hydrogens is 147 g/mol. The van der Waals surface area contributed by atoms with Crippen LogP contribution in [0.15, 0.2) is 12.4 Å². The molecule has 0 heterocycles. The molecule has 0 fully saturated rings. The van der Waals surface area contributed by atoms with Crippen LogP contribution in [0.4, 0.5) is 4.39 Å². The molecular formula is C8H13FO2. The summed E-state index contributed by atoms with van der Waals surface area (Å²) in [5.74, 6) is -0.713. The number of halogens is 1. The van der Waals surface area contributed by atoms with Gasteiger partial charge < -0.3 is 4.74 Å². The van der Waals surface area contributed by atoms with E-state index in [1.165, 1.54) is 13.2 Å². The van der Waals surface area contributed by atoms with Gasteiger partial charge in [0.2, 0.25) is 0 Å². The zero-order valence-corrected chi connectivity index (χ0v) is 7.00. The lowest BCUT2D eigenvalue weighted by Gasteiger charge is -2.12. The Balaban J connectivity index is 4.01. The van der Waals surface area contributed by atoms with Crippen LogP contribution in [0, 0.1) is 11.8 Å². The maximum Gasteiger partial charge on any atom is 0.308 e. The van der Waals surface area contributed by atoms with E-state index < -0.39 is 0 Å². The third-order valence-electron chi connectivity index (χ3n) is 1.74. The van der Waals surface area contributed by atoms with Crippen molar-refractivity contribution in [1.82, 2.24) is 0 Å². The SMILES string of the molecule is COC(=O)C(C)[C@@H](C)/C=C/F. The number of hydrogen-bond acceptors (Lipinski definition) is 2. The van der Waals surface area contributed by atoms with Crippen molar-refractivity contribution in [2.24, 2.45) is 11.8 Å². The van der Waals surface area contributed by atoms with E-state index in [-0.39, 0.29) is 17.8 Å². The van der Waals surface area contributed by atoms with Gasteiger partial charge >= 0.3 is 5.97 Å². The fraction of sp³-hybridized carbons (Fsp3) is 0.625. The van der Waals surface area contributed by atoms with Gasteiger partial charge in [0.05, 0.1) is 19.4 Å². The number of esters is 1. The predicted octanol–water partition coefficient (Wildman–Crippen LogP) is 1.91. The van der Waals surface area contributed by atoms with Crippen molar-refractivity contribution >= 4 is 5.97 Å². The average molecular weight is 160 g/mol. The van der Waals surface area contributed by atoms with E-state index in [1.54, 1.807) is 13.8 Å². The summed E-state index contributed by atoms with van der Waals surface area (Å²) in [6.07, 6.45) is 1.78. The number of allylic oxidation sites excluding steroid dienone is 1.